The number of pyridine rings is 1. The van der Waals surface area contributed by atoms with Crippen LogP contribution in [-0.2, 0) is 4.79 Å². The fourth-order valence-electron chi connectivity index (χ4n) is 3.04. The molecule has 0 unspecified atom stereocenters. The molecule has 1 aromatic carbocycles. The summed E-state index contributed by atoms with van der Waals surface area (Å²) in [6.07, 6.45) is 4.94. The smallest absolute Gasteiger partial charge is 0.253 e. The van der Waals surface area contributed by atoms with Crippen LogP contribution >= 0.6 is 0 Å². The molecule has 1 aliphatic rings. The van der Waals surface area contributed by atoms with Gasteiger partial charge in [-0.1, -0.05) is 0 Å². The second-order valence-corrected chi connectivity index (χ2v) is 6.28. The molecule has 0 saturated carbocycles. The van der Waals surface area contributed by atoms with E-state index in [0.717, 1.165) is 12.0 Å². The van der Waals surface area contributed by atoms with Crippen LogP contribution in [0.2, 0.25) is 0 Å². The van der Waals surface area contributed by atoms with Crippen molar-refractivity contribution in [2.24, 2.45) is 0 Å². The number of piperidine rings is 1. The fraction of sp³-hybridized carbons (Fsp3) is 0.211. The standard InChI is InChI=1S/C19H17FN4O2/c20-14-6-3-12(4-7-14)16-11-24-10-13(5-8-17(24)22-16)18(25)23-15-2-1-9-21-19(15)26/h3-8,10-11,15H,1-2,9H2,(H,21,26)(H,23,25)/t15-/m0/s1. The Bertz CT molecular complexity index is 981. The number of rotatable bonds is 3. The number of carbonyl (C=O) groups excluding carboxylic acids is 2. The zero-order valence-corrected chi connectivity index (χ0v) is 13.9. The summed E-state index contributed by atoms with van der Waals surface area (Å²) in [5, 5.41) is 5.52. The minimum Gasteiger partial charge on any atom is -0.354 e. The van der Waals surface area contributed by atoms with Gasteiger partial charge in [-0.2, -0.15) is 0 Å². The third-order valence-electron chi connectivity index (χ3n) is 4.44. The predicted molar refractivity (Wildman–Crippen MR) is 94.1 cm³/mol. The van der Waals surface area contributed by atoms with Crippen LogP contribution in [0.3, 0.4) is 0 Å². The van der Waals surface area contributed by atoms with Gasteiger partial charge in [0, 0.05) is 24.5 Å². The second-order valence-electron chi connectivity index (χ2n) is 6.28. The van der Waals surface area contributed by atoms with Crippen molar-refractivity contribution >= 4 is 17.5 Å². The van der Waals surface area contributed by atoms with Gasteiger partial charge in [-0.25, -0.2) is 9.37 Å². The van der Waals surface area contributed by atoms with Gasteiger partial charge in [0.05, 0.1) is 11.3 Å². The highest BCUT2D eigenvalue weighted by Gasteiger charge is 2.24. The maximum atomic E-state index is 13.1. The molecule has 1 saturated heterocycles. The molecule has 4 rings (SSSR count). The molecule has 132 valence electrons. The van der Waals surface area contributed by atoms with E-state index in [-0.39, 0.29) is 17.6 Å². The largest absolute Gasteiger partial charge is 0.354 e. The van der Waals surface area contributed by atoms with E-state index in [1.54, 1.807) is 41.1 Å². The minimum atomic E-state index is -0.496. The number of benzene rings is 1. The van der Waals surface area contributed by atoms with Gasteiger partial charge in [0.25, 0.3) is 5.91 Å². The van der Waals surface area contributed by atoms with Gasteiger partial charge >= 0.3 is 0 Å². The predicted octanol–water partition coefficient (Wildman–Crippen LogP) is 2.15. The first-order chi connectivity index (χ1) is 12.6. The molecule has 1 atom stereocenters. The summed E-state index contributed by atoms with van der Waals surface area (Å²) in [5.74, 6) is -0.749. The Labute approximate surface area is 149 Å². The van der Waals surface area contributed by atoms with Crippen LogP contribution in [-0.4, -0.2) is 33.8 Å². The van der Waals surface area contributed by atoms with Crippen LogP contribution in [0, 0.1) is 5.82 Å². The van der Waals surface area contributed by atoms with E-state index in [0.29, 0.717) is 29.9 Å². The van der Waals surface area contributed by atoms with Crippen molar-refractivity contribution < 1.29 is 14.0 Å². The van der Waals surface area contributed by atoms with Crippen LogP contribution in [0.25, 0.3) is 16.9 Å². The van der Waals surface area contributed by atoms with Gasteiger partial charge in [-0.3, -0.25) is 9.59 Å². The third-order valence-corrected chi connectivity index (χ3v) is 4.44. The highest BCUT2D eigenvalue weighted by molar-refractivity contribution is 5.97. The van der Waals surface area contributed by atoms with Gasteiger partial charge in [-0.15, -0.1) is 0 Å². The number of nitrogens with zero attached hydrogens (tertiary/aromatic N) is 2. The normalized spacial score (nSPS) is 17.1. The lowest BCUT2D eigenvalue weighted by atomic mass is 10.1. The summed E-state index contributed by atoms with van der Waals surface area (Å²) >= 11 is 0. The molecule has 1 fully saturated rings. The van der Waals surface area contributed by atoms with Gasteiger partial charge in [0.1, 0.15) is 17.5 Å². The summed E-state index contributed by atoms with van der Waals surface area (Å²) in [6.45, 7) is 0.651. The average molecular weight is 352 g/mol. The molecule has 1 aliphatic heterocycles. The number of halogens is 1. The average Bonchev–Trinajstić information content (AvgIpc) is 3.07. The highest BCUT2D eigenvalue weighted by Crippen LogP contribution is 2.20. The number of fused-ring (bicyclic) bond motifs is 1. The lowest BCUT2D eigenvalue weighted by Crippen LogP contribution is -2.50. The zero-order valence-electron chi connectivity index (χ0n) is 13.9. The van der Waals surface area contributed by atoms with E-state index >= 15 is 0 Å². The maximum Gasteiger partial charge on any atom is 0.253 e. The number of imidazole rings is 1. The Morgan fingerprint density at radius 3 is 2.77 bits per heavy atom. The number of carbonyl (C=O) groups is 2. The van der Waals surface area contributed by atoms with Crippen molar-refractivity contribution in [1.29, 1.82) is 0 Å². The van der Waals surface area contributed by atoms with Crippen LogP contribution in [0.4, 0.5) is 4.39 Å². The summed E-state index contributed by atoms with van der Waals surface area (Å²) in [5.41, 5.74) is 2.60. The van der Waals surface area contributed by atoms with E-state index in [1.807, 2.05) is 0 Å². The number of aromatic nitrogens is 2. The first-order valence-electron chi connectivity index (χ1n) is 8.43. The quantitative estimate of drug-likeness (QED) is 0.758. The van der Waals surface area contributed by atoms with Crippen molar-refractivity contribution in [1.82, 2.24) is 20.0 Å². The summed E-state index contributed by atoms with van der Waals surface area (Å²) in [7, 11) is 0. The van der Waals surface area contributed by atoms with Crippen molar-refractivity contribution in [3.05, 3.63) is 60.2 Å². The van der Waals surface area contributed by atoms with Crippen LogP contribution in [0.1, 0.15) is 23.2 Å². The molecule has 3 heterocycles. The number of amides is 2. The maximum absolute atomic E-state index is 13.1. The molecule has 7 heteroatoms. The molecule has 6 nitrogen and oxygen atoms in total. The Kier molecular flexibility index (Phi) is 4.12. The molecule has 0 radical (unpaired) electrons. The molecule has 0 aliphatic carbocycles. The molecule has 26 heavy (non-hydrogen) atoms. The lowest BCUT2D eigenvalue weighted by Gasteiger charge is -2.22. The second kappa shape index (κ2) is 6.59. The monoisotopic (exact) mass is 352 g/mol. The van der Waals surface area contributed by atoms with E-state index in [2.05, 4.69) is 15.6 Å². The van der Waals surface area contributed by atoms with E-state index in [1.165, 1.54) is 12.1 Å². The molecule has 3 aromatic rings. The number of nitrogens with one attached hydrogen (secondary N) is 2. The van der Waals surface area contributed by atoms with Crippen LogP contribution < -0.4 is 10.6 Å². The van der Waals surface area contributed by atoms with Crippen molar-refractivity contribution in [3.8, 4) is 11.3 Å². The fourth-order valence-corrected chi connectivity index (χ4v) is 3.04. The summed E-state index contributed by atoms with van der Waals surface area (Å²) in [6, 6.07) is 9.00. The molecule has 2 aromatic heterocycles. The Morgan fingerprint density at radius 2 is 2.00 bits per heavy atom. The van der Waals surface area contributed by atoms with Gasteiger partial charge in [-0.05, 0) is 49.2 Å². The molecular formula is C19H17FN4O2. The van der Waals surface area contributed by atoms with Crippen molar-refractivity contribution in [3.63, 3.8) is 0 Å². The molecule has 0 bridgehead atoms. The molecule has 2 amide bonds. The minimum absolute atomic E-state index is 0.146. The van der Waals surface area contributed by atoms with Gasteiger partial charge in [0.2, 0.25) is 5.91 Å². The topological polar surface area (TPSA) is 75.5 Å². The summed E-state index contributed by atoms with van der Waals surface area (Å²) in [4.78, 5) is 28.7. The van der Waals surface area contributed by atoms with Crippen molar-refractivity contribution in [2.75, 3.05) is 6.54 Å². The lowest BCUT2D eigenvalue weighted by molar-refractivity contribution is -0.124. The van der Waals surface area contributed by atoms with Gasteiger partial charge in [0.15, 0.2) is 0 Å². The molecule has 2 N–H and O–H groups in total. The Hall–Kier alpha value is -3.22. The van der Waals surface area contributed by atoms with Crippen molar-refractivity contribution in [2.45, 2.75) is 18.9 Å². The Balaban J connectivity index is 1.58. The van der Waals surface area contributed by atoms with Crippen LogP contribution in [0.15, 0.2) is 48.8 Å². The summed E-state index contributed by atoms with van der Waals surface area (Å²) < 4.78 is 14.8. The SMILES string of the molecule is O=C(N[C@H]1CCCNC1=O)c1ccc2nc(-c3ccc(F)cc3)cn2c1. The molecular weight excluding hydrogens is 335 g/mol. The number of hydrogen-bond acceptors (Lipinski definition) is 3. The Morgan fingerprint density at radius 1 is 1.19 bits per heavy atom. The van der Waals surface area contributed by atoms with E-state index < -0.39 is 6.04 Å². The van der Waals surface area contributed by atoms with E-state index in [4.69, 9.17) is 0 Å². The first kappa shape index (κ1) is 16.3. The third kappa shape index (κ3) is 3.15. The number of hydrogen-bond donors (Lipinski definition) is 2. The zero-order chi connectivity index (χ0) is 18.1. The van der Waals surface area contributed by atoms with Gasteiger partial charge < -0.3 is 15.0 Å². The first-order valence-corrected chi connectivity index (χ1v) is 8.43. The van der Waals surface area contributed by atoms with Crippen LogP contribution in [0.5, 0.6) is 0 Å². The van der Waals surface area contributed by atoms with E-state index in [9.17, 15) is 14.0 Å². The highest BCUT2D eigenvalue weighted by atomic mass is 19.1. The molecule has 0 spiro atoms.